The van der Waals surface area contributed by atoms with Gasteiger partial charge in [-0.05, 0) is 6.92 Å². The first-order valence-corrected chi connectivity index (χ1v) is 4.60. The van der Waals surface area contributed by atoms with E-state index in [0.717, 1.165) is 11.3 Å². The highest BCUT2D eigenvalue weighted by molar-refractivity contribution is 5.58. The topological polar surface area (TPSA) is 49.6 Å². The van der Waals surface area contributed by atoms with Gasteiger partial charge in [-0.15, -0.1) is 0 Å². The van der Waals surface area contributed by atoms with Crippen LogP contribution in [0.25, 0.3) is 11.3 Å². The summed E-state index contributed by atoms with van der Waals surface area (Å²) in [6, 6.07) is 11.7. The predicted molar refractivity (Wildman–Crippen MR) is 56.9 cm³/mol. The Labute approximate surface area is 88.1 Å². The van der Waals surface area contributed by atoms with E-state index in [9.17, 15) is 0 Å². The maximum atomic E-state index is 8.84. The monoisotopic (exact) mass is 195 g/mol. The highest BCUT2D eigenvalue weighted by atomic mass is 14.8. The molecule has 0 unspecified atom stereocenters. The van der Waals surface area contributed by atoms with Gasteiger partial charge >= 0.3 is 0 Å². The Morgan fingerprint density at radius 2 is 1.93 bits per heavy atom. The molecule has 0 aliphatic carbocycles. The Morgan fingerprint density at radius 3 is 2.60 bits per heavy atom. The van der Waals surface area contributed by atoms with Crippen molar-refractivity contribution in [2.45, 2.75) is 6.92 Å². The lowest BCUT2D eigenvalue weighted by atomic mass is 10.1. The summed E-state index contributed by atoms with van der Waals surface area (Å²) in [4.78, 5) is 8.38. The molecule has 0 amide bonds. The van der Waals surface area contributed by atoms with Crippen molar-refractivity contribution in [2.75, 3.05) is 0 Å². The summed E-state index contributed by atoms with van der Waals surface area (Å²) in [6.45, 7) is 1.78. The van der Waals surface area contributed by atoms with Gasteiger partial charge in [-0.3, -0.25) is 4.98 Å². The van der Waals surface area contributed by atoms with E-state index in [1.807, 2.05) is 36.4 Å². The minimum absolute atomic E-state index is 0.386. The van der Waals surface area contributed by atoms with Crippen LogP contribution in [-0.2, 0) is 0 Å². The zero-order valence-electron chi connectivity index (χ0n) is 8.31. The summed E-state index contributed by atoms with van der Waals surface area (Å²) >= 11 is 0. The molecule has 2 rings (SSSR count). The molecule has 3 nitrogen and oxygen atoms in total. The Bertz CT molecular complexity index is 512. The van der Waals surface area contributed by atoms with Crippen molar-refractivity contribution < 1.29 is 0 Å². The average molecular weight is 195 g/mol. The highest BCUT2D eigenvalue weighted by Crippen LogP contribution is 2.16. The quantitative estimate of drug-likeness (QED) is 0.701. The van der Waals surface area contributed by atoms with Gasteiger partial charge in [0.05, 0.1) is 17.6 Å². The van der Waals surface area contributed by atoms with E-state index in [-0.39, 0.29) is 0 Å². The Kier molecular flexibility index (Phi) is 2.42. The molecule has 0 saturated carbocycles. The van der Waals surface area contributed by atoms with Crippen LogP contribution in [0.15, 0.2) is 36.5 Å². The molecule has 0 N–H and O–H groups in total. The van der Waals surface area contributed by atoms with Crippen molar-refractivity contribution in [3.63, 3.8) is 0 Å². The first-order chi connectivity index (χ1) is 7.31. The minimum atomic E-state index is 0.386. The van der Waals surface area contributed by atoms with Gasteiger partial charge in [0.1, 0.15) is 6.07 Å². The number of rotatable bonds is 1. The first kappa shape index (κ1) is 9.35. The highest BCUT2D eigenvalue weighted by Gasteiger charge is 2.03. The van der Waals surface area contributed by atoms with E-state index in [1.54, 1.807) is 13.1 Å². The fourth-order valence-electron chi connectivity index (χ4n) is 1.30. The maximum absolute atomic E-state index is 8.84. The van der Waals surface area contributed by atoms with E-state index in [1.165, 1.54) is 0 Å². The van der Waals surface area contributed by atoms with E-state index >= 15 is 0 Å². The third-order valence-electron chi connectivity index (χ3n) is 2.13. The van der Waals surface area contributed by atoms with Gasteiger partial charge in [0.2, 0.25) is 0 Å². The molecule has 0 fully saturated rings. The first-order valence-electron chi connectivity index (χ1n) is 4.60. The number of aryl methyl sites for hydroxylation is 1. The number of aromatic nitrogens is 2. The molecule has 15 heavy (non-hydrogen) atoms. The van der Waals surface area contributed by atoms with Crippen LogP contribution in [-0.4, -0.2) is 9.97 Å². The zero-order valence-corrected chi connectivity index (χ0v) is 8.31. The van der Waals surface area contributed by atoms with Crippen LogP contribution < -0.4 is 0 Å². The van der Waals surface area contributed by atoms with Gasteiger partial charge in [0.25, 0.3) is 0 Å². The van der Waals surface area contributed by atoms with Gasteiger partial charge in [0.15, 0.2) is 5.69 Å². The van der Waals surface area contributed by atoms with E-state index < -0.39 is 0 Å². The molecular formula is C12H9N3. The molecule has 1 aromatic carbocycles. The lowest BCUT2D eigenvalue weighted by Crippen LogP contribution is -1.94. The second kappa shape index (κ2) is 3.89. The summed E-state index contributed by atoms with van der Waals surface area (Å²) in [5.41, 5.74) is 2.76. The summed E-state index contributed by atoms with van der Waals surface area (Å²) in [5, 5.41) is 8.84. The number of hydrogen-bond acceptors (Lipinski definition) is 3. The molecule has 2 aromatic rings. The minimum Gasteiger partial charge on any atom is -0.256 e. The third kappa shape index (κ3) is 1.84. The van der Waals surface area contributed by atoms with Crippen LogP contribution in [0.2, 0.25) is 0 Å². The van der Waals surface area contributed by atoms with Crippen LogP contribution in [0.5, 0.6) is 0 Å². The van der Waals surface area contributed by atoms with Gasteiger partial charge in [-0.2, -0.15) is 5.26 Å². The molecular weight excluding hydrogens is 186 g/mol. The van der Waals surface area contributed by atoms with Crippen molar-refractivity contribution in [1.82, 2.24) is 9.97 Å². The van der Waals surface area contributed by atoms with Gasteiger partial charge < -0.3 is 0 Å². The van der Waals surface area contributed by atoms with Crippen molar-refractivity contribution in [3.8, 4) is 17.3 Å². The van der Waals surface area contributed by atoms with E-state index in [4.69, 9.17) is 5.26 Å². The van der Waals surface area contributed by atoms with Gasteiger partial charge in [0, 0.05) is 5.56 Å². The molecule has 0 bridgehead atoms. The number of nitriles is 1. The second-order valence-corrected chi connectivity index (χ2v) is 3.17. The molecule has 72 valence electrons. The molecule has 1 aromatic heterocycles. The van der Waals surface area contributed by atoms with Gasteiger partial charge in [-0.1, -0.05) is 30.3 Å². The third-order valence-corrected chi connectivity index (χ3v) is 2.13. The lowest BCUT2D eigenvalue weighted by Gasteiger charge is -2.01. The maximum Gasteiger partial charge on any atom is 0.162 e. The summed E-state index contributed by atoms with van der Waals surface area (Å²) < 4.78 is 0. The fourth-order valence-corrected chi connectivity index (χ4v) is 1.30. The molecule has 3 heteroatoms. The van der Waals surface area contributed by atoms with Crippen molar-refractivity contribution in [2.24, 2.45) is 0 Å². The average Bonchev–Trinajstić information content (AvgIpc) is 2.31. The summed E-state index contributed by atoms with van der Waals surface area (Å²) in [7, 11) is 0. The largest absolute Gasteiger partial charge is 0.256 e. The summed E-state index contributed by atoms with van der Waals surface area (Å²) in [5.74, 6) is 0. The van der Waals surface area contributed by atoms with Crippen LogP contribution >= 0.6 is 0 Å². The predicted octanol–water partition coefficient (Wildman–Crippen LogP) is 2.32. The Morgan fingerprint density at radius 1 is 1.20 bits per heavy atom. The molecule has 0 spiro atoms. The standard InChI is InChI=1S/C12H9N3/c1-9-11(7-13)15-12(8-14-9)10-5-3-2-4-6-10/h2-6,8H,1H3. The van der Waals surface area contributed by atoms with Crippen LogP contribution in [0.1, 0.15) is 11.4 Å². The molecule has 0 aliphatic rings. The normalized spacial score (nSPS) is 9.60. The zero-order chi connectivity index (χ0) is 10.7. The molecule has 0 radical (unpaired) electrons. The molecule has 0 aliphatic heterocycles. The van der Waals surface area contributed by atoms with Crippen LogP contribution in [0.4, 0.5) is 0 Å². The number of benzene rings is 1. The smallest absolute Gasteiger partial charge is 0.162 e. The number of hydrogen-bond donors (Lipinski definition) is 0. The fraction of sp³-hybridized carbons (Fsp3) is 0.0833. The molecule has 0 atom stereocenters. The van der Waals surface area contributed by atoms with Gasteiger partial charge in [-0.25, -0.2) is 4.98 Å². The lowest BCUT2D eigenvalue weighted by molar-refractivity contribution is 1.09. The van der Waals surface area contributed by atoms with Crippen molar-refractivity contribution in [3.05, 3.63) is 47.9 Å². The van der Waals surface area contributed by atoms with E-state index in [2.05, 4.69) is 9.97 Å². The number of nitrogens with zero attached hydrogens (tertiary/aromatic N) is 3. The Hall–Kier alpha value is -2.21. The SMILES string of the molecule is Cc1ncc(-c2ccccc2)nc1C#N. The van der Waals surface area contributed by atoms with Crippen LogP contribution in [0, 0.1) is 18.3 Å². The van der Waals surface area contributed by atoms with Crippen LogP contribution in [0.3, 0.4) is 0 Å². The van der Waals surface area contributed by atoms with E-state index in [0.29, 0.717) is 11.4 Å². The molecule has 0 saturated heterocycles. The molecule has 1 heterocycles. The van der Waals surface area contributed by atoms with Crippen molar-refractivity contribution >= 4 is 0 Å². The Balaban J connectivity index is 2.52. The van der Waals surface area contributed by atoms with Crippen molar-refractivity contribution in [1.29, 1.82) is 5.26 Å². The second-order valence-electron chi connectivity index (χ2n) is 3.17. The summed E-state index contributed by atoms with van der Waals surface area (Å²) in [6.07, 6.45) is 1.69.